The number of carbonyl (C=O) groups is 3. The van der Waals surface area contributed by atoms with Crippen LogP contribution in [0.2, 0.25) is 0 Å². The van der Waals surface area contributed by atoms with Crippen molar-refractivity contribution in [2.45, 2.75) is 38.3 Å². The monoisotopic (exact) mass is 360 g/mol. The third-order valence-electron chi connectivity index (χ3n) is 4.37. The molecule has 7 heteroatoms. The van der Waals surface area contributed by atoms with Gasteiger partial charge in [-0.3, -0.25) is 14.5 Å². The van der Waals surface area contributed by atoms with Gasteiger partial charge in [0, 0.05) is 19.2 Å². The third-order valence-corrected chi connectivity index (χ3v) is 4.37. The van der Waals surface area contributed by atoms with Gasteiger partial charge in [-0.25, -0.2) is 4.79 Å². The molecule has 0 unspecified atom stereocenters. The number of carboxylic acid groups (broad SMARTS) is 1. The van der Waals surface area contributed by atoms with E-state index in [0.29, 0.717) is 12.1 Å². The minimum atomic E-state index is -1.19. The standard InChI is InChI=1S/C19H24N2O5/c1-14-13-26-17(22)12-8-4-7-11-16(18(23)20(14)2)21(19(24)25)15-9-5-3-6-10-15/h3-7,9-10,14,16H,8,11-13H2,1-2H3,(H,24,25)/t14-,16-/m1/s1. The van der Waals surface area contributed by atoms with Crippen LogP contribution in [0.15, 0.2) is 42.5 Å². The van der Waals surface area contributed by atoms with E-state index >= 15 is 0 Å². The molecule has 1 heterocycles. The highest BCUT2D eigenvalue weighted by Gasteiger charge is 2.34. The summed E-state index contributed by atoms with van der Waals surface area (Å²) in [6.07, 6.45) is 3.30. The second kappa shape index (κ2) is 9.03. The molecule has 140 valence electrons. The molecule has 1 aromatic carbocycles. The molecule has 0 aromatic heterocycles. The van der Waals surface area contributed by atoms with Gasteiger partial charge in [-0.05, 0) is 31.9 Å². The molecular formula is C19H24N2O5. The van der Waals surface area contributed by atoms with Crippen molar-refractivity contribution in [2.75, 3.05) is 18.6 Å². The predicted octanol–water partition coefficient (Wildman–Crippen LogP) is 2.67. The summed E-state index contributed by atoms with van der Waals surface area (Å²) in [6, 6.07) is 7.31. The fourth-order valence-electron chi connectivity index (χ4n) is 2.72. The van der Waals surface area contributed by atoms with Crippen molar-refractivity contribution in [1.82, 2.24) is 4.90 Å². The summed E-state index contributed by atoms with van der Waals surface area (Å²) >= 11 is 0. The topological polar surface area (TPSA) is 87.1 Å². The molecule has 1 aliphatic rings. The van der Waals surface area contributed by atoms with Crippen LogP contribution >= 0.6 is 0 Å². The highest BCUT2D eigenvalue weighted by atomic mass is 16.5. The van der Waals surface area contributed by atoms with Crippen LogP contribution in [-0.2, 0) is 14.3 Å². The number of para-hydroxylation sites is 1. The Labute approximate surface area is 152 Å². The average molecular weight is 360 g/mol. The van der Waals surface area contributed by atoms with E-state index in [1.165, 1.54) is 4.90 Å². The molecule has 0 fully saturated rings. The molecule has 2 amide bonds. The van der Waals surface area contributed by atoms with Crippen LogP contribution in [0.5, 0.6) is 0 Å². The summed E-state index contributed by atoms with van der Waals surface area (Å²) < 4.78 is 5.18. The largest absolute Gasteiger partial charge is 0.465 e. The molecule has 0 saturated heterocycles. The van der Waals surface area contributed by atoms with Crippen molar-refractivity contribution in [3.05, 3.63) is 42.5 Å². The highest BCUT2D eigenvalue weighted by molar-refractivity contribution is 5.96. The molecule has 0 saturated carbocycles. The molecule has 1 aromatic rings. The van der Waals surface area contributed by atoms with Crippen LogP contribution in [0, 0.1) is 0 Å². The molecule has 2 rings (SSSR count). The Hall–Kier alpha value is -2.83. The maximum Gasteiger partial charge on any atom is 0.412 e. The lowest BCUT2D eigenvalue weighted by Crippen LogP contribution is -2.52. The van der Waals surface area contributed by atoms with Crippen molar-refractivity contribution in [1.29, 1.82) is 0 Å². The number of nitrogens with zero attached hydrogens (tertiary/aromatic N) is 2. The fourth-order valence-corrected chi connectivity index (χ4v) is 2.72. The van der Waals surface area contributed by atoms with Gasteiger partial charge < -0.3 is 14.7 Å². The number of esters is 1. The number of hydrogen-bond acceptors (Lipinski definition) is 4. The van der Waals surface area contributed by atoms with E-state index in [1.807, 2.05) is 0 Å². The summed E-state index contributed by atoms with van der Waals surface area (Å²) in [7, 11) is 1.59. The Morgan fingerprint density at radius 3 is 2.58 bits per heavy atom. The zero-order valence-electron chi connectivity index (χ0n) is 15.0. The lowest BCUT2D eigenvalue weighted by molar-refractivity contribution is -0.147. The van der Waals surface area contributed by atoms with E-state index in [0.717, 1.165) is 4.90 Å². The first-order valence-corrected chi connectivity index (χ1v) is 8.56. The van der Waals surface area contributed by atoms with E-state index in [9.17, 15) is 19.5 Å². The highest BCUT2D eigenvalue weighted by Crippen LogP contribution is 2.21. The summed E-state index contributed by atoms with van der Waals surface area (Å²) in [6.45, 7) is 1.84. The Balaban J connectivity index is 2.36. The number of ether oxygens (including phenoxy) is 1. The van der Waals surface area contributed by atoms with Crippen molar-refractivity contribution in [3.8, 4) is 0 Å². The minimum Gasteiger partial charge on any atom is -0.465 e. The third kappa shape index (κ3) is 4.84. The SMILES string of the molecule is C[C@@H]1COC(=O)CCC=CC[C@@H](N(C(=O)O)c2ccccc2)C(=O)N1C. The fraction of sp³-hybridized carbons (Fsp3) is 0.421. The number of allylic oxidation sites excluding steroid dienone is 1. The van der Waals surface area contributed by atoms with Crippen molar-refractivity contribution in [2.24, 2.45) is 0 Å². The first-order chi connectivity index (χ1) is 12.4. The van der Waals surface area contributed by atoms with Crippen LogP contribution in [0.3, 0.4) is 0 Å². The van der Waals surface area contributed by atoms with Crippen molar-refractivity contribution in [3.63, 3.8) is 0 Å². The van der Waals surface area contributed by atoms with Gasteiger partial charge in [0.25, 0.3) is 0 Å². The second-order valence-corrected chi connectivity index (χ2v) is 6.23. The summed E-state index contributed by atoms with van der Waals surface area (Å²) in [5.74, 6) is -0.652. The molecule has 7 nitrogen and oxygen atoms in total. The lowest BCUT2D eigenvalue weighted by atomic mass is 10.1. The zero-order valence-corrected chi connectivity index (χ0v) is 15.0. The maximum atomic E-state index is 13.0. The van der Waals surface area contributed by atoms with Gasteiger partial charge in [0.05, 0.1) is 6.04 Å². The van der Waals surface area contributed by atoms with Crippen molar-refractivity contribution < 1.29 is 24.2 Å². The average Bonchev–Trinajstić information content (AvgIpc) is 2.63. The van der Waals surface area contributed by atoms with Gasteiger partial charge in [0.2, 0.25) is 5.91 Å². The van der Waals surface area contributed by atoms with Gasteiger partial charge in [0.15, 0.2) is 0 Å². The number of hydrogen-bond donors (Lipinski definition) is 1. The molecule has 1 aliphatic heterocycles. The Bertz CT molecular complexity index is 674. The number of carbonyl (C=O) groups excluding carboxylic acids is 2. The minimum absolute atomic E-state index is 0.0793. The number of amides is 2. The molecule has 0 aliphatic carbocycles. The van der Waals surface area contributed by atoms with Crippen LogP contribution in [0.4, 0.5) is 10.5 Å². The summed E-state index contributed by atoms with van der Waals surface area (Å²) in [4.78, 5) is 39.1. The van der Waals surface area contributed by atoms with E-state index in [-0.39, 0.29) is 37.4 Å². The number of benzene rings is 1. The summed E-state index contributed by atoms with van der Waals surface area (Å²) in [5, 5.41) is 9.73. The van der Waals surface area contributed by atoms with E-state index in [4.69, 9.17) is 4.74 Å². The number of cyclic esters (lactones) is 1. The summed E-state index contributed by atoms with van der Waals surface area (Å²) in [5.41, 5.74) is 0.436. The molecule has 0 bridgehead atoms. The first kappa shape index (κ1) is 19.5. The molecule has 2 atom stereocenters. The zero-order chi connectivity index (χ0) is 19.1. The van der Waals surface area contributed by atoms with Crippen LogP contribution < -0.4 is 4.90 Å². The van der Waals surface area contributed by atoms with Crippen molar-refractivity contribution >= 4 is 23.7 Å². The Morgan fingerprint density at radius 2 is 1.92 bits per heavy atom. The number of rotatable bonds is 2. The molecule has 0 spiro atoms. The Kier molecular flexibility index (Phi) is 6.77. The van der Waals surface area contributed by atoms with E-state index < -0.39 is 12.1 Å². The molecule has 1 N–H and O–H groups in total. The van der Waals surface area contributed by atoms with Crippen LogP contribution in [0.1, 0.15) is 26.2 Å². The van der Waals surface area contributed by atoms with Gasteiger partial charge >= 0.3 is 12.1 Å². The van der Waals surface area contributed by atoms with Gasteiger partial charge in [-0.1, -0.05) is 30.4 Å². The normalized spacial score (nSPS) is 22.2. The van der Waals surface area contributed by atoms with Crippen LogP contribution in [-0.4, -0.2) is 53.7 Å². The quantitative estimate of drug-likeness (QED) is 0.647. The van der Waals surface area contributed by atoms with Gasteiger partial charge in [0.1, 0.15) is 12.6 Å². The van der Waals surface area contributed by atoms with E-state index in [2.05, 4.69) is 0 Å². The number of anilines is 1. The lowest BCUT2D eigenvalue weighted by Gasteiger charge is -2.33. The number of likely N-dealkylation sites (N-methyl/N-ethyl adjacent to an activating group) is 1. The van der Waals surface area contributed by atoms with E-state index in [1.54, 1.807) is 56.5 Å². The molecular weight excluding hydrogens is 336 g/mol. The van der Waals surface area contributed by atoms with Gasteiger partial charge in [-0.15, -0.1) is 0 Å². The molecule has 26 heavy (non-hydrogen) atoms. The Morgan fingerprint density at radius 1 is 1.23 bits per heavy atom. The smallest absolute Gasteiger partial charge is 0.412 e. The van der Waals surface area contributed by atoms with Gasteiger partial charge in [-0.2, -0.15) is 0 Å². The predicted molar refractivity (Wildman–Crippen MR) is 96.9 cm³/mol. The second-order valence-electron chi connectivity index (χ2n) is 6.23. The maximum absolute atomic E-state index is 13.0. The van der Waals surface area contributed by atoms with Crippen LogP contribution in [0.25, 0.3) is 0 Å². The molecule has 0 radical (unpaired) electrons. The first-order valence-electron chi connectivity index (χ1n) is 8.56.